The van der Waals surface area contributed by atoms with Crippen LogP contribution in [0.2, 0.25) is 0 Å². The van der Waals surface area contributed by atoms with Crippen molar-refractivity contribution >= 4 is 17.6 Å². The Balaban J connectivity index is 1.55. The minimum atomic E-state index is -0.0964. The number of fused-ring (bicyclic) bond motifs is 1. The Morgan fingerprint density at radius 1 is 1.16 bits per heavy atom. The summed E-state index contributed by atoms with van der Waals surface area (Å²) >= 11 is 0. The zero-order chi connectivity index (χ0) is 22.7. The van der Waals surface area contributed by atoms with Crippen LogP contribution in [0.3, 0.4) is 0 Å². The highest BCUT2D eigenvalue weighted by Crippen LogP contribution is 2.35. The van der Waals surface area contributed by atoms with Crippen LogP contribution < -0.4 is 4.90 Å². The molecule has 0 N–H and O–H groups in total. The molecule has 1 fully saturated rings. The molecule has 0 saturated carbocycles. The van der Waals surface area contributed by atoms with Gasteiger partial charge in [0, 0.05) is 30.8 Å². The van der Waals surface area contributed by atoms with Crippen molar-refractivity contribution in [2.45, 2.75) is 71.8 Å². The highest BCUT2D eigenvalue weighted by Gasteiger charge is 2.35. The number of aromatic nitrogens is 2. The molecule has 1 atom stereocenters. The van der Waals surface area contributed by atoms with Crippen molar-refractivity contribution in [3.8, 4) is 0 Å². The van der Waals surface area contributed by atoms with Crippen molar-refractivity contribution in [1.82, 2.24) is 14.9 Å². The molecule has 2 aliphatic rings. The molecule has 2 aromatic rings. The number of nitrogens with zero attached hydrogens (tertiary/aromatic N) is 4. The minimum absolute atomic E-state index is 0.0963. The van der Waals surface area contributed by atoms with Crippen LogP contribution in [0.15, 0.2) is 30.3 Å². The number of carbonyl (C=O) groups is 2. The maximum absolute atomic E-state index is 12.9. The molecule has 2 aliphatic heterocycles. The van der Waals surface area contributed by atoms with Gasteiger partial charge in [-0.2, -0.15) is 0 Å². The van der Waals surface area contributed by atoms with Gasteiger partial charge in [-0.1, -0.05) is 44.2 Å². The molecule has 0 aliphatic carbocycles. The fraction of sp³-hybridized carbons (Fsp3) is 0.538. The average Bonchev–Trinajstić information content (AvgIpc) is 3.10. The first kappa shape index (κ1) is 22.4. The summed E-state index contributed by atoms with van der Waals surface area (Å²) in [6.07, 6.45) is 5.69. The van der Waals surface area contributed by atoms with Crippen LogP contribution >= 0.6 is 0 Å². The molecule has 6 heteroatoms. The lowest BCUT2D eigenvalue weighted by Crippen LogP contribution is -2.40. The Labute approximate surface area is 191 Å². The first-order valence-electron chi connectivity index (χ1n) is 11.9. The number of aryl methyl sites for hydroxylation is 2. The second-order valence-corrected chi connectivity index (χ2v) is 9.48. The van der Waals surface area contributed by atoms with Crippen molar-refractivity contribution in [2.75, 3.05) is 18.0 Å². The van der Waals surface area contributed by atoms with E-state index < -0.39 is 0 Å². The van der Waals surface area contributed by atoms with E-state index in [2.05, 4.69) is 26.0 Å². The molecule has 1 aromatic carbocycles. The number of likely N-dealkylation sites (tertiary alicyclic amines) is 1. The number of amides is 2. The Morgan fingerprint density at radius 3 is 2.69 bits per heavy atom. The fourth-order valence-electron chi connectivity index (χ4n) is 4.83. The van der Waals surface area contributed by atoms with Gasteiger partial charge in [0.25, 0.3) is 0 Å². The predicted octanol–water partition coefficient (Wildman–Crippen LogP) is 4.41. The van der Waals surface area contributed by atoms with Crippen molar-refractivity contribution in [2.24, 2.45) is 5.92 Å². The van der Waals surface area contributed by atoms with Crippen LogP contribution in [0.4, 0.5) is 5.82 Å². The van der Waals surface area contributed by atoms with E-state index in [1.54, 1.807) is 0 Å². The number of hydrogen-bond donors (Lipinski definition) is 0. The van der Waals surface area contributed by atoms with Gasteiger partial charge in [0.15, 0.2) is 5.82 Å². The van der Waals surface area contributed by atoms with Crippen LogP contribution in [0.25, 0.3) is 0 Å². The summed E-state index contributed by atoms with van der Waals surface area (Å²) in [5.41, 5.74) is 3.08. The second-order valence-electron chi connectivity index (χ2n) is 9.48. The molecule has 1 unspecified atom stereocenters. The van der Waals surface area contributed by atoms with Crippen LogP contribution in [-0.2, 0) is 22.4 Å². The molecule has 4 rings (SSSR count). The summed E-state index contributed by atoms with van der Waals surface area (Å²) in [4.78, 5) is 39.2. The van der Waals surface area contributed by atoms with E-state index >= 15 is 0 Å². The number of rotatable bonds is 7. The summed E-state index contributed by atoms with van der Waals surface area (Å²) in [6, 6.07) is 10.3. The lowest BCUT2D eigenvalue weighted by molar-refractivity contribution is -0.136. The van der Waals surface area contributed by atoms with Crippen molar-refractivity contribution in [3.05, 3.63) is 53.0 Å². The standard InChI is InChI=1S/C26H34N4O2/c1-18(2)16-23(31)29-14-8-7-13-22(29)25-27-19(3)21-17-24(32)30(26(21)28-25)15-9-12-20-10-5-4-6-11-20/h4-6,10-11,18,22H,7-9,12-17H2,1-3H3. The van der Waals surface area contributed by atoms with Crippen LogP contribution in [-0.4, -0.2) is 39.8 Å². The Morgan fingerprint density at radius 2 is 1.94 bits per heavy atom. The largest absolute Gasteiger partial charge is 0.332 e. The van der Waals surface area contributed by atoms with E-state index in [-0.39, 0.29) is 17.9 Å². The van der Waals surface area contributed by atoms with E-state index in [1.807, 2.05) is 34.9 Å². The van der Waals surface area contributed by atoms with Gasteiger partial charge in [0.05, 0.1) is 12.5 Å². The molecule has 1 aromatic heterocycles. The Bertz CT molecular complexity index is 973. The molecule has 1 saturated heterocycles. The average molecular weight is 435 g/mol. The maximum atomic E-state index is 12.9. The number of piperidine rings is 1. The molecule has 170 valence electrons. The Hall–Kier alpha value is -2.76. The topological polar surface area (TPSA) is 66.4 Å². The molecule has 0 bridgehead atoms. The molecule has 3 heterocycles. The summed E-state index contributed by atoms with van der Waals surface area (Å²) in [6.45, 7) is 7.53. The molecular formula is C26H34N4O2. The molecule has 0 radical (unpaired) electrons. The lowest BCUT2D eigenvalue weighted by Gasteiger charge is -2.35. The van der Waals surface area contributed by atoms with E-state index in [0.717, 1.165) is 55.7 Å². The zero-order valence-corrected chi connectivity index (χ0v) is 19.5. The molecule has 2 amide bonds. The van der Waals surface area contributed by atoms with Gasteiger partial charge >= 0.3 is 0 Å². The number of anilines is 1. The van der Waals surface area contributed by atoms with Gasteiger partial charge < -0.3 is 4.90 Å². The zero-order valence-electron chi connectivity index (χ0n) is 19.5. The summed E-state index contributed by atoms with van der Waals surface area (Å²) < 4.78 is 0. The first-order chi connectivity index (χ1) is 15.4. The normalized spacial score (nSPS) is 18.4. The predicted molar refractivity (Wildman–Crippen MR) is 125 cm³/mol. The highest BCUT2D eigenvalue weighted by atomic mass is 16.2. The third kappa shape index (κ3) is 4.84. The quantitative estimate of drug-likeness (QED) is 0.648. The van der Waals surface area contributed by atoms with E-state index in [0.29, 0.717) is 31.1 Å². The molecule has 32 heavy (non-hydrogen) atoms. The first-order valence-corrected chi connectivity index (χ1v) is 11.9. The molecule has 0 spiro atoms. The van der Waals surface area contributed by atoms with Gasteiger partial charge in [0.2, 0.25) is 11.8 Å². The van der Waals surface area contributed by atoms with Gasteiger partial charge in [-0.05, 0) is 50.5 Å². The maximum Gasteiger partial charge on any atom is 0.232 e. The van der Waals surface area contributed by atoms with E-state index in [9.17, 15) is 9.59 Å². The van der Waals surface area contributed by atoms with Crippen molar-refractivity contribution in [1.29, 1.82) is 0 Å². The van der Waals surface area contributed by atoms with Crippen LogP contribution in [0.1, 0.15) is 74.6 Å². The fourth-order valence-corrected chi connectivity index (χ4v) is 4.83. The molecular weight excluding hydrogens is 400 g/mol. The number of hydrogen-bond acceptors (Lipinski definition) is 4. The van der Waals surface area contributed by atoms with Gasteiger partial charge in [-0.15, -0.1) is 0 Å². The third-order valence-corrected chi connectivity index (χ3v) is 6.49. The monoisotopic (exact) mass is 434 g/mol. The van der Waals surface area contributed by atoms with Crippen LogP contribution in [0.5, 0.6) is 0 Å². The minimum Gasteiger partial charge on any atom is -0.332 e. The van der Waals surface area contributed by atoms with Gasteiger partial charge in [-0.3, -0.25) is 14.5 Å². The summed E-state index contributed by atoms with van der Waals surface area (Å²) in [7, 11) is 0. The van der Waals surface area contributed by atoms with Crippen molar-refractivity contribution < 1.29 is 9.59 Å². The highest BCUT2D eigenvalue weighted by molar-refractivity contribution is 6.00. The third-order valence-electron chi connectivity index (χ3n) is 6.49. The van der Waals surface area contributed by atoms with E-state index in [1.165, 1.54) is 5.56 Å². The summed E-state index contributed by atoms with van der Waals surface area (Å²) in [5, 5.41) is 0. The van der Waals surface area contributed by atoms with Crippen LogP contribution in [0, 0.1) is 12.8 Å². The Kier molecular flexibility index (Phi) is 6.87. The molecule has 6 nitrogen and oxygen atoms in total. The van der Waals surface area contributed by atoms with Gasteiger partial charge in [0.1, 0.15) is 5.82 Å². The number of carbonyl (C=O) groups excluding carboxylic acids is 2. The van der Waals surface area contributed by atoms with E-state index in [4.69, 9.17) is 9.97 Å². The SMILES string of the molecule is Cc1nc(C2CCCCN2C(=O)CC(C)C)nc2c1CC(=O)N2CCCc1ccccc1. The smallest absolute Gasteiger partial charge is 0.232 e. The van der Waals surface area contributed by atoms with Crippen molar-refractivity contribution in [3.63, 3.8) is 0 Å². The number of benzene rings is 1. The lowest BCUT2D eigenvalue weighted by atomic mass is 9.99. The second kappa shape index (κ2) is 9.80. The van der Waals surface area contributed by atoms with Gasteiger partial charge in [-0.25, -0.2) is 9.97 Å². The summed E-state index contributed by atoms with van der Waals surface area (Å²) in [5.74, 6) is 2.06.